The predicted octanol–water partition coefficient (Wildman–Crippen LogP) is -2.34. The zero-order chi connectivity index (χ0) is 5.98. The van der Waals surface area contributed by atoms with E-state index < -0.39 is 0 Å². The molecule has 0 aromatic heterocycles. The molecule has 0 radical (unpaired) electrons. The SMILES string of the molecule is O=C1C=CC(=O)C=C1.[NaH].[NaH].[NaH].[NaH]. The number of carbonyl (C=O) groups excluding carboxylic acids is 2. The first-order valence-electron chi connectivity index (χ1n) is 2.23. The molecule has 0 atom stereocenters. The second-order valence-corrected chi connectivity index (χ2v) is 1.47. The van der Waals surface area contributed by atoms with Crippen LogP contribution in [0.5, 0.6) is 0 Å². The second kappa shape index (κ2) is 13.8. The van der Waals surface area contributed by atoms with E-state index in [9.17, 15) is 9.59 Å². The Balaban J connectivity index is -0.0000000800. The molecule has 0 aromatic carbocycles. The van der Waals surface area contributed by atoms with E-state index in [-0.39, 0.29) is 130 Å². The van der Waals surface area contributed by atoms with Crippen LogP contribution in [-0.4, -0.2) is 130 Å². The molecule has 0 aliphatic heterocycles. The standard InChI is InChI=1S/C6H4O2.4Na.4H/c7-5-1-2-6(8)4-3-5;;;;;;;;/h1-4H;;;;;;;;. The van der Waals surface area contributed by atoms with Gasteiger partial charge in [0.15, 0.2) is 11.6 Å². The van der Waals surface area contributed by atoms with Crippen molar-refractivity contribution < 1.29 is 9.59 Å². The molecule has 0 amide bonds. The summed E-state index contributed by atoms with van der Waals surface area (Å²) in [4.78, 5) is 20.6. The molecule has 12 heavy (non-hydrogen) atoms. The van der Waals surface area contributed by atoms with Crippen LogP contribution in [0.25, 0.3) is 0 Å². The van der Waals surface area contributed by atoms with Crippen LogP contribution in [0.3, 0.4) is 0 Å². The Morgan fingerprint density at radius 2 is 0.750 bits per heavy atom. The fourth-order valence-electron chi connectivity index (χ4n) is 0.440. The summed E-state index contributed by atoms with van der Waals surface area (Å²) in [7, 11) is 0. The average molecular weight is 204 g/mol. The Morgan fingerprint density at radius 3 is 0.917 bits per heavy atom. The van der Waals surface area contributed by atoms with E-state index in [0.717, 1.165) is 0 Å². The Kier molecular flexibility index (Phi) is 27.8. The van der Waals surface area contributed by atoms with Crippen LogP contribution in [0.15, 0.2) is 24.3 Å². The molecule has 1 rings (SSSR count). The summed E-state index contributed by atoms with van der Waals surface area (Å²) in [5.74, 6) is -0.241. The molecule has 0 fully saturated rings. The van der Waals surface area contributed by atoms with E-state index >= 15 is 0 Å². The van der Waals surface area contributed by atoms with E-state index in [2.05, 4.69) is 0 Å². The molecule has 0 bridgehead atoms. The maximum atomic E-state index is 10.3. The summed E-state index contributed by atoms with van der Waals surface area (Å²) in [5, 5.41) is 0. The summed E-state index contributed by atoms with van der Waals surface area (Å²) in [6.45, 7) is 0. The van der Waals surface area contributed by atoms with Crippen molar-refractivity contribution >= 4 is 130 Å². The molecule has 0 aromatic rings. The minimum absolute atomic E-state index is 0. The molecular formula is C6H8Na4O2. The van der Waals surface area contributed by atoms with Gasteiger partial charge >= 0.3 is 118 Å². The molecule has 0 spiro atoms. The predicted molar refractivity (Wildman–Crippen MR) is 56.9 cm³/mol. The van der Waals surface area contributed by atoms with Gasteiger partial charge in [-0.25, -0.2) is 0 Å². The normalized spacial score (nSPS) is 11.7. The minimum atomic E-state index is -0.121. The van der Waals surface area contributed by atoms with Crippen molar-refractivity contribution in [2.24, 2.45) is 0 Å². The molecule has 48 valence electrons. The number of hydrogen-bond donors (Lipinski definition) is 0. The Hall–Kier alpha value is 2.82. The van der Waals surface area contributed by atoms with Crippen LogP contribution in [0.1, 0.15) is 0 Å². The summed E-state index contributed by atoms with van der Waals surface area (Å²) in [6.07, 6.45) is 5.01. The van der Waals surface area contributed by atoms with Gasteiger partial charge in [-0.2, -0.15) is 0 Å². The van der Waals surface area contributed by atoms with Gasteiger partial charge < -0.3 is 0 Å². The van der Waals surface area contributed by atoms with Crippen LogP contribution in [0.4, 0.5) is 0 Å². The van der Waals surface area contributed by atoms with Crippen molar-refractivity contribution in [2.45, 2.75) is 0 Å². The van der Waals surface area contributed by atoms with E-state index in [1.807, 2.05) is 0 Å². The van der Waals surface area contributed by atoms with Crippen molar-refractivity contribution in [1.82, 2.24) is 0 Å². The van der Waals surface area contributed by atoms with Gasteiger partial charge in [0.2, 0.25) is 0 Å². The molecule has 0 saturated carbocycles. The summed E-state index contributed by atoms with van der Waals surface area (Å²) in [6, 6.07) is 0. The fourth-order valence-corrected chi connectivity index (χ4v) is 0.440. The number of carbonyl (C=O) groups is 2. The van der Waals surface area contributed by atoms with Crippen molar-refractivity contribution in [3.63, 3.8) is 0 Å². The van der Waals surface area contributed by atoms with Crippen LogP contribution < -0.4 is 0 Å². The van der Waals surface area contributed by atoms with Gasteiger partial charge in [0, 0.05) is 0 Å². The van der Waals surface area contributed by atoms with Crippen molar-refractivity contribution in [1.29, 1.82) is 0 Å². The zero-order valence-electron chi connectivity index (χ0n) is 4.13. The van der Waals surface area contributed by atoms with Crippen molar-refractivity contribution in [2.75, 3.05) is 0 Å². The number of hydrogen-bond acceptors (Lipinski definition) is 2. The van der Waals surface area contributed by atoms with Crippen LogP contribution in [-0.2, 0) is 9.59 Å². The average Bonchev–Trinajstić information content (AvgIpc) is 1.77. The Labute approximate surface area is 160 Å². The monoisotopic (exact) mass is 204 g/mol. The van der Waals surface area contributed by atoms with Crippen molar-refractivity contribution in [3.05, 3.63) is 24.3 Å². The molecule has 6 heteroatoms. The van der Waals surface area contributed by atoms with Gasteiger partial charge in [-0.3, -0.25) is 9.59 Å². The molecule has 1 aliphatic carbocycles. The maximum absolute atomic E-state index is 10.3. The van der Waals surface area contributed by atoms with Crippen LogP contribution >= 0.6 is 0 Å². The molecule has 1 aliphatic rings. The molecule has 0 unspecified atom stereocenters. The Bertz CT molecular complexity index is 160. The van der Waals surface area contributed by atoms with Gasteiger partial charge in [0.25, 0.3) is 0 Å². The first-order chi connectivity index (χ1) is 3.79. The summed E-state index contributed by atoms with van der Waals surface area (Å²) in [5.41, 5.74) is 0. The topological polar surface area (TPSA) is 34.1 Å². The fraction of sp³-hybridized carbons (Fsp3) is 0. The van der Waals surface area contributed by atoms with Gasteiger partial charge in [-0.15, -0.1) is 0 Å². The van der Waals surface area contributed by atoms with E-state index in [4.69, 9.17) is 0 Å². The molecule has 0 saturated heterocycles. The van der Waals surface area contributed by atoms with Gasteiger partial charge in [0.1, 0.15) is 0 Å². The molecule has 2 nitrogen and oxygen atoms in total. The number of ketones is 2. The molecular weight excluding hydrogens is 196 g/mol. The zero-order valence-corrected chi connectivity index (χ0v) is 4.13. The quantitative estimate of drug-likeness (QED) is 0.327. The number of rotatable bonds is 0. The van der Waals surface area contributed by atoms with E-state index in [1.165, 1.54) is 24.3 Å². The van der Waals surface area contributed by atoms with E-state index in [0.29, 0.717) is 0 Å². The second-order valence-electron chi connectivity index (χ2n) is 1.47. The summed E-state index contributed by atoms with van der Waals surface area (Å²) < 4.78 is 0. The molecule has 0 N–H and O–H groups in total. The van der Waals surface area contributed by atoms with Gasteiger partial charge in [0.05, 0.1) is 0 Å². The van der Waals surface area contributed by atoms with E-state index in [1.54, 1.807) is 0 Å². The number of allylic oxidation sites excluding steroid dienone is 4. The third-order valence-electron chi connectivity index (χ3n) is 0.824. The van der Waals surface area contributed by atoms with Crippen LogP contribution in [0.2, 0.25) is 0 Å². The Morgan fingerprint density at radius 1 is 0.583 bits per heavy atom. The first kappa shape index (κ1) is 24.2. The molecule has 0 heterocycles. The third kappa shape index (κ3) is 10.9. The first-order valence-corrected chi connectivity index (χ1v) is 2.23. The van der Waals surface area contributed by atoms with Gasteiger partial charge in [-0.05, 0) is 24.3 Å². The van der Waals surface area contributed by atoms with Crippen molar-refractivity contribution in [3.8, 4) is 0 Å². The van der Waals surface area contributed by atoms with Crippen LogP contribution in [0, 0.1) is 0 Å². The summed E-state index contributed by atoms with van der Waals surface area (Å²) >= 11 is 0. The third-order valence-corrected chi connectivity index (χ3v) is 0.824. The van der Waals surface area contributed by atoms with Gasteiger partial charge in [-0.1, -0.05) is 0 Å².